The number of ether oxygens (including phenoxy) is 4. The van der Waals surface area contributed by atoms with Crippen LogP contribution in [0, 0.1) is 11.8 Å². The largest absolute Gasteiger partial charge is 0.497 e. The third-order valence-electron chi connectivity index (χ3n) is 11.9. The van der Waals surface area contributed by atoms with E-state index in [2.05, 4.69) is 16.0 Å². The van der Waals surface area contributed by atoms with Crippen LogP contribution in [-0.4, -0.2) is 108 Å². The molecule has 4 heterocycles. The second-order valence-corrected chi connectivity index (χ2v) is 16.7. The van der Waals surface area contributed by atoms with Gasteiger partial charge in [-0.1, -0.05) is 32.0 Å². The highest BCUT2D eigenvalue weighted by Gasteiger charge is 2.47. The molecule has 0 bridgehead atoms. The number of methoxy groups -OCH3 is 2. The standard InChI is InChI=1S/C47H51N7O10/c1-26(2)41(52-46(59)60)43(56)50-27(3)42(55)51-37-10-7-6-9-33(37)30-21-47(25-49-36-14-13-32(61-4)18-34(36)45(58)54(47)24-30)64-16-8-15-63-40-20-38-35(19-39(40)62-5)44(57)53-23-29(28-11-12-28)17-31(53)22-48-38/h6-7,9-10,13-14,18-20,22-28,31,41,52H,8,11-12,15-17,21H2,1-5H3,(H,50,56)(H,51,55)(H,59,60)/t27-,31?,41-,47?/m0/s1. The topological polar surface area (TPSA) is 210 Å². The van der Waals surface area contributed by atoms with Gasteiger partial charge in [-0.2, -0.15) is 0 Å². The second kappa shape index (κ2) is 18.0. The molecular weight excluding hydrogens is 823 g/mol. The first-order valence-electron chi connectivity index (χ1n) is 21.3. The molecule has 334 valence electrons. The Balaban J connectivity index is 0.981. The van der Waals surface area contributed by atoms with Crippen LogP contribution in [0.15, 0.2) is 82.6 Å². The maximum atomic E-state index is 14.4. The van der Waals surface area contributed by atoms with Crippen molar-refractivity contribution in [2.24, 2.45) is 21.8 Å². The minimum Gasteiger partial charge on any atom is -0.497 e. The van der Waals surface area contributed by atoms with E-state index in [1.807, 2.05) is 12.4 Å². The fraction of sp³-hybridized carbons (Fsp3) is 0.383. The Hall–Kier alpha value is -7.01. The number of aliphatic imine (C=N–C) groups is 2. The highest BCUT2D eigenvalue weighted by atomic mass is 16.5. The van der Waals surface area contributed by atoms with Gasteiger partial charge in [-0.25, -0.2) is 4.79 Å². The van der Waals surface area contributed by atoms with E-state index in [1.54, 1.807) is 85.8 Å². The summed E-state index contributed by atoms with van der Waals surface area (Å²) in [5.41, 5.74) is 3.29. The monoisotopic (exact) mass is 873 g/mol. The van der Waals surface area contributed by atoms with E-state index in [0.29, 0.717) is 68.9 Å². The molecule has 1 aliphatic carbocycles. The Morgan fingerprint density at radius 3 is 2.38 bits per heavy atom. The summed E-state index contributed by atoms with van der Waals surface area (Å²) in [6.45, 7) is 5.22. The number of para-hydroxylation sites is 1. The van der Waals surface area contributed by atoms with Gasteiger partial charge in [-0.15, -0.1) is 0 Å². The molecule has 0 radical (unpaired) electrons. The van der Waals surface area contributed by atoms with Crippen molar-refractivity contribution in [2.45, 2.75) is 76.7 Å². The van der Waals surface area contributed by atoms with Gasteiger partial charge in [0, 0.05) is 48.8 Å². The summed E-state index contributed by atoms with van der Waals surface area (Å²) < 4.78 is 24.0. The van der Waals surface area contributed by atoms with Crippen LogP contribution in [0.2, 0.25) is 0 Å². The van der Waals surface area contributed by atoms with E-state index >= 15 is 0 Å². The van der Waals surface area contributed by atoms with Gasteiger partial charge >= 0.3 is 6.09 Å². The maximum absolute atomic E-state index is 14.4. The van der Waals surface area contributed by atoms with Crippen molar-refractivity contribution in [3.63, 3.8) is 0 Å². The molecule has 3 aromatic carbocycles. The zero-order valence-corrected chi connectivity index (χ0v) is 36.3. The predicted molar refractivity (Wildman–Crippen MR) is 238 cm³/mol. The fourth-order valence-electron chi connectivity index (χ4n) is 8.33. The number of amides is 5. The molecule has 8 rings (SSSR count). The van der Waals surface area contributed by atoms with E-state index < -0.39 is 35.7 Å². The third kappa shape index (κ3) is 8.80. The number of carboxylic acid groups (broad SMARTS) is 1. The molecule has 4 aliphatic heterocycles. The lowest BCUT2D eigenvalue weighted by Gasteiger charge is -2.33. The van der Waals surface area contributed by atoms with Crippen molar-refractivity contribution >= 4 is 64.8 Å². The van der Waals surface area contributed by atoms with Crippen LogP contribution in [-0.2, 0) is 14.3 Å². The van der Waals surface area contributed by atoms with Gasteiger partial charge < -0.3 is 44.9 Å². The number of carbonyl (C=O) groups excluding carboxylic acids is 4. The maximum Gasteiger partial charge on any atom is 0.405 e. The molecule has 0 saturated heterocycles. The van der Waals surface area contributed by atoms with Crippen molar-refractivity contribution < 1.29 is 48.0 Å². The molecule has 4 atom stereocenters. The van der Waals surface area contributed by atoms with Crippen molar-refractivity contribution in [1.29, 1.82) is 0 Å². The minimum absolute atomic E-state index is 0.120. The number of nitrogens with zero attached hydrogens (tertiary/aromatic N) is 4. The van der Waals surface area contributed by atoms with Gasteiger partial charge in [0.1, 0.15) is 17.8 Å². The van der Waals surface area contributed by atoms with E-state index in [4.69, 9.17) is 28.9 Å². The lowest BCUT2D eigenvalue weighted by atomic mass is 9.98. The van der Waals surface area contributed by atoms with Crippen molar-refractivity contribution in [2.75, 3.05) is 32.8 Å². The molecule has 1 saturated carbocycles. The summed E-state index contributed by atoms with van der Waals surface area (Å²) in [5, 5.41) is 16.9. The Kier molecular flexibility index (Phi) is 12.3. The molecule has 64 heavy (non-hydrogen) atoms. The van der Waals surface area contributed by atoms with Crippen molar-refractivity contribution in [1.82, 2.24) is 20.4 Å². The minimum atomic E-state index is -1.38. The molecule has 4 N–H and O–H groups in total. The highest BCUT2D eigenvalue weighted by molar-refractivity contribution is 6.07. The number of fused-ring (bicyclic) bond motifs is 4. The van der Waals surface area contributed by atoms with Crippen LogP contribution in [0.4, 0.5) is 21.9 Å². The Morgan fingerprint density at radius 2 is 1.64 bits per heavy atom. The number of anilines is 1. The molecule has 5 aliphatic rings. The molecule has 5 amide bonds. The van der Waals surface area contributed by atoms with E-state index in [9.17, 15) is 29.1 Å². The van der Waals surface area contributed by atoms with E-state index in [1.165, 1.54) is 44.5 Å². The second-order valence-electron chi connectivity index (χ2n) is 16.7. The van der Waals surface area contributed by atoms with Gasteiger partial charge in [-0.05, 0) is 79.5 Å². The van der Waals surface area contributed by atoms with Gasteiger partial charge in [-0.3, -0.25) is 34.1 Å². The Labute approximate surface area is 370 Å². The van der Waals surface area contributed by atoms with Crippen LogP contribution in [0.1, 0.15) is 79.2 Å². The van der Waals surface area contributed by atoms with Crippen LogP contribution in [0.25, 0.3) is 5.57 Å². The molecule has 3 aromatic rings. The zero-order valence-electron chi connectivity index (χ0n) is 36.3. The Morgan fingerprint density at radius 1 is 0.859 bits per heavy atom. The zero-order chi connectivity index (χ0) is 45.3. The predicted octanol–water partition coefficient (Wildman–Crippen LogP) is 6.45. The first-order chi connectivity index (χ1) is 30.8. The van der Waals surface area contributed by atoms with E-state index in [-0.39, 0.29) is 43.4 Å². The normalized spacial score (nSPS) is 20.4. The van der Waals surface area contributed by atoms with Crippen molar-refractivity contribution in [3.05, 3.63) is 89.3 Å². The molecule has 2 unspecified atom stereocenters. The van der Waals surface area contributed by atoms with Crippen LogP contribution in [0.3, 0.4) is 0 Å². The van der Waals surface area contributed by atoms with E-state index in [0.717, 1.165) is 6.42 Å². The average molecular weight is 874 g/mol. The summed E-state index contributed by atoms with van der Waals surface area (Å²) in [4.78, 5) is 78.6. The molecular formula is C47H51N7O10. The first kappa shape index (κ1) is 43.6. The summed E-state index contributed by atoms with van der Waals surface area (Å²) in [7, 11) is 3.04. The molecule has 1 fully saturated rings. The van der Waals surface area contributed by atoms with Gasteiger partial charge in [0.05, 0.1) is 62.2 Å². The quantitative estimate of drug-likeness (QED) is 0.116. The lowest BCUT2D eigenvalue weighted by Crippen LogP contribution is -2.53. The molecule has 17 nitrogen and oxygen atoms in total. The molecule has 17 heteroatoms. The third-order valence-corrected chi connectivity index (χ3v) is 11.9. The number of hydrogen-bond acceptors (Lipinski definition) is 11. The number of nitrogens with one attached hydrogen (secondary N) is 3. The molecule has 0 spiro atoms. The fourth-order valence-corrected chi connectivity index (χ4v) is 8.33. The Bertz CT molecular complexity index is 2510. The molecule has 0 aromatic heterocycles. The van der Waals surface area contributed by atoms with Crippen molar-refractivity contribution in [3.8, 4) is 17.2 Å². The summed E-state index contributed by atoms with van der Waals surface area (Å²) in [6, 6.07) is 13.3. The summed E-state index contributed by atoms with van der Waals surface area (Å²) in [6.07, 6.45) is 9.44. The van der Waals surface area contributed by atoms with Gasteiger partial charge in [0.2, 0.25) is 11.8 Å². The lowest BCUT2D eigenvalue weighted by molar-refractivity contribution is -0.128. The smallest absolute Gasteiger partial charge is 0.405 e. The SMILES string of the molecule is COc1ccc2c(c1)C(=O)N1C=C(c3ccccc3NC(=O)[C@H](C)NC(=O)[C@@H](NC(=O)O)C(C)C)CC1(OCCCOc1cc3c(cc1OC)C(=O)N1C=C(C4CC4)CC1C=N3)C=N2. The number of rotatable bonds is 16. The van der Waals surface area contributed by atoms with Crippen LogP contribution in [0.5, 0.6) is 17.2 Å². The first-order valence-corrected chi connectivity index (χ1v) is 21.3. The highest BCUT2D eigenvalue weighted by Crippen LogP contribution is 2.46. The van der Waals surface area contributed by atoms with Gasteiger partial charge in [0.25, 0.3) is 11.8 Å². The number of benzene rings is 3. The number of hydrogen-bond donors (Lipinski definition) is 4. The summed E-state index contributed by atoms with van der Waals surface area (Å²) in [5.74, 6) is -0.189. The van der Waals surface area contributed by atoms with Crippen LogP contribution >= 0.6 is 0 Å². The number of carbonyl (C=O) groups is 5. The van der Waals surface area contributed by atoms with Gasteiger partial charge in [0.15, 0.2) is 17.2 Å². The summed E-state index contributed by atoms with van der Waals surface area (Å²) >= 11 is 0. The van der Waals surface area contributed by atoms with Crippen LogP contribution < -0.4 is 30.2 Å². The average Bonchev–Trinajstić information content (AvgIpc) is 3.99.